The molecule has 5 heterocycles. The van der Waals surface area contributed by atoms with Crippen LogP contribution in [0.25, 0.3) is 0 Å². The van der Waals surface area contributed by atoms with Gasteiger partial charge in [-0.2, -0.15) is 4.98 Å². The van der Waals surface area contributed by atoms with E-state index in [1.54, 1.807) is 24.1 Å². The molecule has 0 unspecified atom stereocenters. The standard InChI is InChI=1S/C28H27ClN8O3/c1-16-8-24(36-40-16)27(39)37-7-6-18(15-37)10-25(38)34-23-5-4-20-11-19(23)3-2-17-9-21(13-30-12-17)33-28-31-14-22(29)26(32-20)35-28/h4-5,8-9,11-14,18H,2-3,6-7,10,15H2,1H3,(H,34,38)(H2,31,32,33,35)/t18-/m0/s1. The van der Waals surface area contributed by atoms with E-state index in [1.165, 1.54) is 6.20 Å². The first-order valence-corrected chi connectivity index (χ1v) is 13.4. The molecule has 11 nitrogen and oxygen atoms in total. The number of likely N-dealkylation sites (tertiary alicyclic amines) is 1. The zero-order valence-corrected chi connectivity index (χ0v) is 22.5. The molecule has 1 aromatic carbocycles. The van der Waals surface area contributed by atoms with Gasteiger partial charge in [0.2, 0.25) is 11.9 Å². The average molecular weight is 559 g/mol. The largest absolute Gasteiger partial charge is 0.361 e. The van der Waals surface area contributed by atoms with E-state index in [1.807, 2.05) is 30.5 Å². The highest BCUT2D eigenvalue weighted by Crippen LogP contribution is 2.30. The maximum Gasteiger partial charge on any atom is 0.276 e. The minimum absolute atomic E-state index is 0.0679. The summed E-state index contributed by atoms with van der Waals surface area (Å²) in [7, 11) is 0. The number of benzene rings is 1. The molecule has 6 bridgehead atoms. The Kier molecular flexibility index (Phi) is 7.04. The molecule has 1 saturated heterocycles. The highest BCUT2D eigenvalue weighted by molar-refractivity contribution is 6.32. The summed E-state index contributed by atoms with van der Waals surface area (Å²) in [5.74, 6) is 1.27. The fraction of sp³-hybridized carbons (Fsp3) is 0.286. The first kappa shape index (κ1) is 25.8. The van der Waals surface area contributed by atoms with Crippen LogP contribution in [0.3, 0.4) is 0 Å². The maximum absolute atomic E-state index is 13.1. The second-order valence-corrected chi connectivity index (χ2v) is 10.5. The number of amides is 2. The van der Waals surface area contributed by atoms with E-state index in [-0.39, 0.29) is 17.7 Å². The molecule has 2 aliphatic heterocycles. The highest BCUT2D eigenvalue weighted by Gasteiger charge is 2.30. The number of nitrogens with zero attached hydrogens (tertiary/aromatic N) is 5. The molecule has 0 aliphatic carbocycles. The van der Waals surface area contributed by atoms with Crippen molar-refractivity contribution in [2.24, 2.45) is 5.92 Å². The van der Waals surface area contributed by atoms with E-state index in [4.69, 9.17) is 16.1 Å². The number of fused-ring (bicyclic) bond motifs is 6. The number of aryl methyl sites for hydroxylation is 3. The number of pyridine rings is 1. The molecule has 1 atom stereocenters. The van der Waals surface area contributed by atoms with Crippen LogP contribution in [0.5, 0.6) is 0 Å². The molecule has 40 heavy (non-hydrogen) atoms. The van der Waals surface area contributed by atoms with E-state index < -0.39 is 0 Å². The number of hydrogen-bond donors (Lipinski definition) is 3. The van der Waals surface area contributed by atoms with Crippen molar-refractivity contribution in [3.8, 4) is 0 Å². The predicted molar refractivity (Wildman–Crippen MR) is 150 cm³/mol. The number of anilines is 5. The second kappa shape index (κ2) is 10.9. The minimum Gasteiger partial charge on any atom is -0.361 e. The van der Waals surface area contributed by atoms with Crippen molar-refractivity contribution < 1.29 is 14.1 Å². The monoisotopic (exact) mass is 558 g/mol. The van der Waals surface area contributed by atoms with Gasteiger partial charge in [-0.3, -0.25) is 14.6 Å². The molecule has 0 saturated carbocycles. The molecule has 12 heteroatoms. The number of carbonyl (C=O) groups is 2. The number of aromatic nitrogens is 4. The van der Waals surface area contributed by atoms with Crippen LogP contribution in [0, 0.1) is 12.8 Å². The molecule has 1 fully saturated rings. The van der Waals surface area contributed by atoms with Gasteiger partial charge in [0.25, 0.3) is 5.91 Å². The first-order chi connectivity index (χ1) is 19.4. The van der Waals surface area contributed by atoms with Crippen molar-refractivity contribution in [1.29, 1.82) is 0 Å². The van der Waals surface area contributed by atoms with Crippen LogP contribution in [-0.2, 0) is 17.6 Å². The Bertz CT molecular complexity index is 1590. The predicted octanol–water partition coefficient (Wildman–Crippen LogP) is 4.90. The molecule has 2 aliphatic rings. The smallest absolute Gasteiger partial charge is 0.276 e. The molecular weight excluding hydrogens is 532 g/mol. The number of hydrogen-bond acceptors (Lipinski definition) is 9. The molecule has 4 aromatic rings. The van der Waals surface area contributed by atoms with Gasteiger partial charge in [0.15, 0.2) is 11.5 Å². The van der Waals surface area contributed by atoms with Gasteiger partial charge in [0.1, 0.15) is 10.8 Å². The van der Waals surface area contributed by atoms with E-state index in [9.17, 15) is 9.59 Å². The van der Waals surface area contributed by atoms with Crippen molar-refractivity contribution in [2.75, 3.05) is 29.0 Å². The van der Waals surface area contributed by atoms with Gasteiger partial charge in [-0.1, -0.05) is 16.8 Å². The lowest BCUT2D eigenvalue weighted by atomic mass is 10.0. The van der Waals surface area contributed by atoms with Crippen LogP contribution < -0.4 is 16.0 Å². The topological polar surface area (TPSA) is 138 Å². The van der Waals surface area contributed by atoms with Gasteiger partial charge in [0, 0.05) is 43.1 Å². The SMILES string of the molecule is Cc1cc(C(=O)N2CC[C@@H](CC(=O)Nc3ccc4cc3CCc3cncc(c3)Nc3ncc(Cl)c(n3)N4)C2)no1. The van der Waals surface area contributed by atoms with Crippen LogP contribution in [0.15, 0.2) is 53.4 Å². The molecule has 204 valence electrons. The lowest BCUT2D eigenvalue weighted by molar-refractivity contribution is -0.117. The number of halogens is 1. The average Bonchev–Trinajstić information content (AvgIpc) is 3.59. The summed E-state index contributed by atoms with van der Waals surface area (Å²) in [5.41, 5.74) is 4.60. The quantitative estimate of drug-likeness (QED) is 0.319. The molecular formula is C28H27ClN8O3. The van der Waals surface area contributed by atoms with Crippen LogP contribution >= 0.6 is 11.6 Å². The Labute approximate surface area is 235 Å². The Morgan fingerprint density at radius 3 is 2.88 bits per heavy atom. The van der Waals surface area contributed by atoms with Crippen LogP contribution in [-0.4, -0.2) is 49.9 Å². The zero-order valence-electron chi connectivity index (χ0n) is 21.8. The van der Waals surface area contributed by atoms with Crippen molar-refractivity contribution in [1.82, 2.24) is 25.0 Å². The number of carbonyl (C=O) groups excluding carboxylic acids is 2. The van der Waals surface area contributed by atoms with Gasteiger partial charge in [0.05, 0.1) is 18.1 Å². The molecule has 2 amide bonds. The summed E-state index contributed by atoms with van der Waals surface area (Å²) < 4.78 is 5.03. The van der Waals surface area contributed by atoms with Gasteiger partial charge in [-0.25, -0.2) is 4.98 Å². The zero-order chi connectivity index (χ0) is 27.6. The first-order valence-electron chi connectivity index (χ1n) is 13.1. The summed E-state index contributed by atoms with van der Waals surface area (Å²) in [4.78, 5) is 40.7. The Morgan fingerprint density at radius 1 is 1.12 bits per heavy atom. The molecule has 6 rings (SSSR count). The van der Waals surface area contributed by atoms with E-state index in [2.05, 4.69) is 36.1 Å². The van der Waals surface area contributed by atoms with Crippen molar-refractivity contribution >= 4 is 52.2 Å². The van der Waals surface area contributed by atoms with Gasteiger partial charge < -0.3 is 25.4 Å². The Morgan fingerprint density at radius 2 is 2.02 bits per heavy atom. The third-order valence-electron chi connectivity index (χ3n) is 7.01. The van der Waals surface area contributed by atoms with Gasteiger partial charge >= 0.3 is 0 Å². The van der Waals surface area contributed by atoms with Crippen LogP contribution in [0.4, 0.5) is 28.8 Å². The summed E-state index contributed by atoms with van der Waals surface area (Å²) in [5, 5.41) is 13.8. The third kappa shape index (κ3) is 5.74. The Hall–Kier alpha value is -4.51. The van der Waals surface area contributed by atoms with E-state index >= 15 is 0 Å². The minimum atomic E-state index is -0.168. The summed E-state index contributed by atoms with van der Waals surface area (Å²) >= 11 is 6.36. The molecule has 3 aromatic heterocycles. The normalized spacial score (nSPS) is 16.1. The summed E-state index contributed by atoms with van der Waals surface area (Å²) in [6.45, 7) is 2.84. The van der Waals surface area contributed by atoms with E-state index in [0.29, 0.717) is 54.2 Å². The van der Waals surface area contributed by atoms with Crippen LogP contribution in [0.1, 0.15) is 40.2 Å². The van der Waals surface area contributed by atoms with Crippen LogP contribution in [0.2, 0.25) is 5.02 Å². The summed E-state index contributed by atoms with van der Waals surface area (Å²) in [6, 6.07) is 9.39. The number of nitrogens with one attached hydrogen (secondary N) is 3. The molecule has 3 N–H and O–H groups in total. The van der Waals surface area contributed by atoms with Gasteiger partial charge in [-0.15, -0.1) is 0 Å². The fourth-order valence-electron chi connectivity index (χ4n) is 5.03. The third-order valence-corrected chi connectivity index (χ3v) is 7.29. The second-order valence-electron chi connectivity index (χ2n) is 10.1. The van der Waals surface area contributed by atoms with Crippen molar-refractivity contribution in [3.05, 3.63) is 76.5 Å². The highest BCUT2D eigenvalue weighted by atomic mass is 35.5. The lowest BCUT2D eigenvalue weighted by Crippen LogP contribution is -2.29. The Balaban J connectivity index is 1.18. The fourth-order valence-corrected chi connectivity index (χ4v) is 5.17. The maximum atomic E-state index is 13.1. The summed E-state index contributed by atoms with van der Waals surface area (Å²) in [6.07, 6.45) is 7.54. The molecule has 0 spiro atoms. The lowest BCUT2D eigenvalue weighted by Gasteiger charge is -2.16. The van der Waals surface area contributed by atoms with E-state index in [0.717, 1.165) is 41.0 Å². The van der Waals surface area contributed by atoms with Crippen molar-refractivity contribution in [2.45, 2.75) is 32.6 Å². The van der Waals surface area contributed by atoms with Gasteiger partial charge in [-0.05, 0) is 67.5 Å². The number of rotatable bonds is 4. The van der Waals surface area contributed by atoms with Crippen molar-refractivity contribution in [3.63, 3.8) is 0 Å². The molecule has 0 radical (unpaired) electrons.